The van der Waals surface area contributed by atoms with Gasteiger partial charge in [0, 0.05) is 5.39 Å². The van der Waals surface area contributed by atoms with Crippen LogP contribution in [0.25, 0.3) is 22.6 Å². The average molecular weight is 482 g/mol. The fourth-order valence-corrected chi connectivity index (χ4v) is 4.33. The maximum Gasteiger partial charge on any atom is 0.339 e. The van der Waals surface area contributed by atoms with Crippen molar-refractivity contribution in [3.05, 3.63) is 95.1 Å². The SMILES string of the molecule is COC(=O)c1ccccc1NC(=O)COC(=O)c1c2c(nc3ccccc13)C(=Cc1ccco1)CC2. The number of methoxy groups -OCH3 is 1. The van der Waals surface area contributed by atoms with E-state index in [9.17, 15) is 14.4 Å². The fraction of sp³-hybridized carbons (Fsp3) is 0.143. The lowest BCUT2D eigenvalue weighted by Crippen LogP contribution is -2.23. The molecule has 8 heteroatoms. The Kier molecular flexibility index (Phi) is 6.32. The molecule has 1 aliphatic carbocycles. The molecule has 0 saturated heterocycles. The van der Waals surface area contributed by atoms with Crippen LogP contribution in [-0.4, -0.2) is 36.5 Å². The predicted octanol–water partition coefficient (Wildman–Crippen LogP) is 4.90. The van der Waals surface area contributed by atoms with Crippen LogP contribution in [0.2, 0.25) is 0 Å². The molecule has 2 aromatic carbocycles. The van der Waals surface area contributed by atoms with Gasteiger partial charge in [-0.2, -0.15) is 0 Å². The summed E-state index contributed by atoms with van der Waals surface area (Å²) < 4.78 is 15.6. The third-order valence-corrected chi connectivity index (χ3v) is 5.95. The van der Waals surface area contributed by atoms with Crippen LogP contribution in [0, 0.1) is 0 Å². The summed E-state index contributed by atoms with van der Waals surface area (Å²) >= 11 is 0. The lowest BCUT2D eigenvalue weighted by Gasteiger charge is -2.13. The molecule has 5 rings (SSSR count). The number of nitrogens with one attached hydrogen (secondary N) is 1. The lowest BCUT2D eigenvalue weighted by atomic mass is 10.0. The van der Waals surface area contributed by atoms with Gasteiger partial charge in [-0.3, -0.25) is 4.79 Å². The molecule has 1 aliphatic rings. The summed E-state index contributed by atoms with van der Waals surface area (Å²) in [5.41, 5.74) is 4.02. The first-order valence-electron chi connectivity index (χ1n) is 11.4. The van der Waals surface area contributed by atoms with Crippen LogP contribution >= 0.6 is 0 Å². The Balaban J connectivity index is 1.40. The summed E-state index contributed by atoms with van der Waals surface area (Å²) in [7, 11) is 1.26. The monoisotopic (exact) mass is 482 g/mol. The Labute approximate surface area is 206 Å². The molecule has 0 unspecified atom stereocenters. The van der Waals surface area contributed by atoms with Crippen molar-refractivity contribution in [1.29, 1.82) is 0 Å². The number of nitrogens with zero attached hydrogens (tertiary/aromatic N) is 1. The van der Waals surface area contributed by atoms with Crippen molar-refractivity contribution in [3.8, 4) is 0 Å². The van der Waals surface area contributed by atoms with Crippen LogP contribution in [0.15, 0.2) is 71.3 Å². The quantitative estimate of drug-likeness (QED) is 0.390. The van der Waals surface area contributed by atoms with E-state index in [-0.39, 0.29) is 11.3 Å². The highest BCUT2D eigenvalue weighted by Crippen LogP contribution is 2.37. The first-order valence-corrected chi connectivity index (χ1v) is 11.4. The van der Waals surface area contributed by atoms with Gasteiger partial charge in [0.15, 0.2) is 6.61 Å². The summed E-state index contributed by atoms with van der Waals surface area (Å²) in [4.78, 5) is 42.6. The Morgan fingerprint density at radius 2 is 1.81 bits per heavy atom. The summed E-state index contributed by atoms with van der Waals surface area (Å²) in [5.74, 6) is -1.06. The number of hydrogen-bond acceptors (Lipinski definition) is 7. The number of para-hydroxylation sites is 2. The molecule has 0 radical (unpaired) electrons. The molecule has 1 N–H and O–H groups in total. The number of esters is 2. The Hall–Kier alpha value is -4.72. The molecule has 4 aromatic rings. The number of carbonyl (C=O) groups excluding carboxylic acids is 3. The molecule has 180 valence electrons. The summed E-state index contributed by atoms with van der Waals surface area (Å²) in [6.45, 7) is -0.519. The number of fused-ring (bicyclic) bond motifs is 2. The highest BCUT2D eigenvalue weighted by atomic mass is 16.5. The van der Waals surface area contributed by atoms with Gasteiger partial charge in [0.1, 0.15) is 5.76 Å². The number of amides is 1. The maximum atomic E-state index is 13.3. The third kappa shape index (κ3) is 4.48. The normalized spacial score (nSPS) is 13.4. The van der Waals surface area contributed by atoms with Gasteiger partial charge in [0.25, 0.3) is 5.91 Å². The number of furan rings is 1. The smallest absolute Gasteiger partial charge is 0.339 e. The molecule has 0 atom stereocenters. The molecular formula is C28H22N2O6. The van der Waals surface area contributed by atoms with Crippen LogP contribution in [0.3, 0.4) is 0 Å². The first-order chi connectivity index (χ1) is 17.5. The van der Waals surface area contributed by atoms with Gasteiger partial charge in [-0.15, -0.1) is 0 Å². The predicted molar refractivity (Wildman–Crippen MR) is 133 cm³/mol. The zero-order chi connectivity index (χ0) is 25.1. The summed E-state index contributed by atoms with van der Waals surface area (Å²) in [5, 5.41) is 3.27. The Morgan fingerprint density at radius 3 is 2.61 bits per heavy atom. The van der Waals surface area contributed by atoms with E-state index in [0.29, 0.717) is 35.1 Å². The van der Waals surface area contributed by atoms with Gasteiger partial charge in [-0.1, -0.05) is 30.3 Å². The van der Waals surface area contributed by atoms with Gasteiger partial charge in [0.2, 0.25) is 0 Å². The maximum absolute atomic E-state index is 13.3. The molecule has 2 heterocycles. The lowest BCUT2D eigenvalue weighted by molar-refractivity contribution is -0.119. The number of benzene rings is 2. The molecule has 0 bridgehead atoms. The highest BCUT2D eigenvalue weighted by Gasteiger charge is 2.28. The van der Waals surface area contributed by atoms with Crippen molar-refractivity contribution in [2.45, 2.75) is 12.8 Å². The van der Waals surface area contributed by atoms with Crippen LogP contribution in [0.1, 0.15) is 44.2 Å². The van der Waals surface area contributed by atoms with Crippen LogP contribution in [0.4, 0.5) is 5.69 Å². The van der Waals surface area contributed by atoms with E-state index in [0.717, 1.165) is 16.8 Å². The van der Waals surface area contributed by atoms with E-state index in [1.165, 1.54) is 13.2 Å². The summed E-state index contributed by atoms with van der Waals surface area (Å²) in [6.07, 6.45) is 4.84. The average Bonchev–Trinajstić information content (AvgIpc) is 3.56. The van der Waals surface area contributed by atoms with Gasteiger partial charge in [-0.05, 0) is 60.4 Å². The minimum absolute atomic E-state index is 0.202. The molecule has 0 saturated carbocycles. The second kappa shape index (κ2) is 9.87. The van der Waals surface area contributed by atoms with Crippen LogP contribution in [0.5, 0.6) is 0 Å². The standard InChI is InChI=1S/C28H22N2O6/c1-34-27(32)20-9-3-5-11-23(20)29-24(31)16-36-28(33)25-19-8-2-4-10-22(19)30-26-17(12-13-21(25)26)15-18-7-6-14-35-18/h2-11,14-15H,12-13,16H2,1H3,(H,29,31). The van der Waals surface area contributed by atoms with Crippen molar-refractivity contribution >= 4 is 46.1 Å². The topological polar surface area (TPSA) is 108 Å². The number of ether oxygens (including phenoxy) is 2. The molecule has 0 spiro atoms. The molecule has 1 amide bonds. The number of pyridine rings is 1. The van der Waals surface area contributed by atoms with E-state index in [1.807, 2.05) is 42.5 Å². The zero-order valence-corrected chi connectivity index (χ0v) is 19.4. The van der Waals surface area contributed by atoms with Gasteiger partial charge in [0.05, 0.1) is 41.4 Å². The van der Waals surface area contributed by atoms with Crippen molar-refractivity contribution in [2.75, 3.05) is 19.0 Å². The van der Waals surface area contributed by atoms with E-state index < -0.39 is 24.5 Å². The highest BCUT2D eigenvalue weighted by molar-refractivity contribution is 6.08. The van der Waals surface area contributed by atoms with Crippen LogP contribution < -0.4 is 5.32 Å². The largest absolute Gasteiger partial charge is 0.465 e. The first kappa shape index (κ1) is 23.0. The molecular weight excluding hydrogens is 460 g/mol. The second-order valence-corrected chi connectivity index (χ2v) is 8.18. The fourth-order valence-electron chi connectivity index (χ4n) is 4.33. The number of allylic oxidation sites excluding steroid dienone is 1. The van der Waals surface area contributed by atoms with Crippen molar-refractivity contribution in [1.82, 2.24) is 4.98 Å². The molecule has 0 aliphatic heterocycles. The Morgan fingerprint density at radius 1 is 1.00 bits per heavy atom. The zero-order valence-electron chi connectivity index (χ0n) is 19.4. The third-order valence-electron chi connectivity index (χ3n) is 5.95. The number of rotatable bonds is 6. The number of carbonyl (C=O) groups is 3. The molecule has 36 heavy (non-hydrogen) atoms. The molecule has 0 fully saturated rings. The van der Waals surface area contributed by atoms with E-state index in [2.05, 4.69) is 5.32 Å². The summed E-state index contributed by atoms with van der Waals surface area (Å²) in [6, 6.07) is 17.5. The van der Waals surface area contributed by atoms with Crippen LogP contribution in [-0.2, 0) is 20.7 Å². The van der Waals surface area contributed by atoms with Gasteiger partial charge < -0.3 is 19.2 Å². The van der Waals surface area contributed by atoms with E-state index >= 15 is 0 Å². The van der Waals surface area contributed by atoms with E-state index in [1.54, 1.807) is 24.5 Å². The number of hydrogen-bond donors (Lipinski definition) is 1. The van der Waals surface area contributed by atoms with Crippen molar-refractivity contribution < 1.29 is 28.3 Å². The molecule has 8 nitrogen and oxygen atoms in total. The minimum atomic E-state index is -0.611. The number of anilines is 1. The Bertz CT molecular complexity index is 1500. The van der Waals surface area contributed by atoms with Crippen molar-refractivity contribution in [3.63, 3.8) is 0 Å². The van der Waals surface area contributed by atoms with Gasteiger partial charge in [-0.25, -0.2) is 14.6 Å². The van der Waals surface area contributed by atoms with E-state index in [4.69, 9.17) is 18.9 Å². The van der Waals surface area contributed by atoms with Gasteiger partial charge >= 0.3 is 11.9 Å². The number of aromatic nitrogens is 1. The van der Waals surface area contributed by atoms with Crippen molar-refractivity contribution in [2.24, 2.45) is 0 Å². The second-order valence-electron chi connectivity index (χ2n) is 8.18. The minimum Gasteiger partial charge on any atom is -0.465 e. The molecule has 2 aromatic heterocycles.